The number of benzene rings is 1. The van der Waals surface area contributed by atoms with Gasteiger partial charge in [0.25, 0.3) is 0 Å². The molecule has 1 aromatic carbocycles. The van der Waals surface area contributed by atoms with Crippen LogP contribution in [-0.4, -0.2) is 19.1 Å². The van der Waals surface area contributed by atoms with E-state index in [4.69, 9.17) is 0 Å². The van der Waals surface area contributed by atoms with Gasteiger partial charge < -0.3 is 10.6 Å². The van der Waals surface area contributed by atoms with Crippen molar-refractivity contribution in [2.45, 2.75) is 25.9 Å². The van der Waals surface area contributed by atoms with E-state index in [0.717, 1.165) is 18.2 Å². The molecule has 0 atom stereocenters. The van der Waals surface area contributed by atoms with E-state index in [1.165, 1.54) is 6.07 Å². The molecular weight excluding hydrogens is 210 g/mol. The predicted octanol–water partition coefficient (Wildman–Crippen LogP) is 2.05. The van der Waals surface area contributed by atoms with E-state index in [1.54, 1.807) is 6.07 Å². The van der Waals surface area contributed by atoms with Gasteiger partial charge in [0.15, 0.2) is 11.6 Å². The van der Waals surface area contributed by atoms with Crippen LogP contribution in [-0.2, 0) is 6.54 Å². The minimum atomic E-state index is -0.807. The molecule has 0 bridgehead atoms. The quantitative estimate of drug-likeness (QED) is 0.806. The van der Waals surface area contributed by atoms with Crippen molar-refractivity contribution < 1.29 is 8.78 Å². The van der Waals surface area contributed by atoms with Gasteiger partial charge in [-0.3, -0.25) is 0 Å². The third-order valence-electron chi connectivity index (χ3n) is 2.37. The van der Waals surface area contributed by atoms with Gasteiger partial charge in [-0.15, -0.1) is 0 Å². The van der Waals surface area contributed by atoms with E-state index in [-0.39, 0.29) is 5.54 Å². The number of rotatable bonds is 5. The normalized spacial score (nSPS) is 11.8. The Balaban J connectivity index is 2.57. The van der Waals surface area contributed by atoms with E-state index < -0.39 is 11.6 Å². The highest BCUT2D eigenvalue weighted by atomic mass is 19.2. The summed E-state index contributed by atoms with van der Waals surface area (Å²) in [4.78, 5) is 0. The Kier molecular flexibility index (Phi) is 4.38. The van der Waals surface area contributed by atoms with Gasteiger partial charge in [0, 0.05) is 18.6 Å². The van der Waals surface area contributed by atoms with Crippen LogP contribution >= 0.6 is 0 Å². The number of hydrogen-bond acceptors (Lipinski definition) is 2. The van der Waals surface area contributed by atoms with Crippen molar-refractivity contribution in [1.29, 1.82) is 0 Å². The fourth-order valence-corrected chi connectivity index (χ4v) is 1.50. The van der Waals surface area contributed by atoms with Crippen molar-refractivity contribution in [3.05, 3.63) is 35.4 Å². The Morgan fingerprint density at radius 3 is 2.44 bits per heavy atom. The molecule has 0 radical (unpaired) electrons. The number of nitrogens with one attached hydrogen (secondary N) is 2. The molecule has 0 saturated carbocycles. The first kappa shape index (κ1) is 13.1. The molecule has 0 fully saturated rings. The van der Waals surface area contributed by atoms with Crippen LogP contribution in [0.5, 0.6) is 0 Å². The Morgan fingerprint density at radius 2 is 1.88 bits per heavy atom. The predicted molar refractivity (Wildman–Crippen MR) is 61.2 cm³/mol. The van der Waals surface area contributed by atoms with Crippen LogP contribution in [0.3, 0.4) is 0 Å². The Morgan fingerprint density at radius 1 is 1.19 bits per heavy atom. The molecule has 1 rings (SSSR count). The van der Waals surface area contributed by atoms with E-state index in [2.05, 4.69) is 10.6 Å². The topological polar surface area (TPSA) is 24.1 Å². The van der Waals surface area contributed by atoms with Crippen LogP contribution < -0.4 is 10.6 Å². The summed E-state index contributed by atoms with van der Waals surface area (Å²) in [6.07, 6.45) is 0. The Bertz CT molecular complexity index is 351. The third kappa shape index (κ3) is 3.87. The molecule has 4 heteroatoms. The first-order valence-corrected chi connectivity index (χ1v) is 5.28. The van der Waals surface area contributed by atoms with Gasteiger partial charge in [-0.1, -0.05) is 6.07 Å². The number of hydrogen-bond donors (Lipinski definition) is 2. The summed E-state index contributed by atoms with van der Waals surface area (Å²) >= 11 is 0. The van der Waals surface area contributed by atoms with Crippen molar-refractivity contribution in [2.75, 3.05) is 13.6 Å². The Hall–Kier alpha value is -1.00. The smallest absolute Gasteiger partial charge is 0.159 e. The van der Waals surface area contributed by atoms with Gasteiger partial charge in [0.1, 0.15) is 0 Å². The molecule has 0 aromatic heterocycles. The first-order valence-electron chi connectivity index (χ1n) is 5.28. The lowest BCUT2D eigenvalue weighted by atomic mass is 10.1. The van der Waals surface area contributed by atoms with Crippen LogP contribution in [0.1, 0.15) is 19.4 Å². The van der Waals surface area contributed by atoms with E-state index >= 15 is 0 Å². The zero-order chi connectivity index (χ0) is 12.2. The highest BCUT2D eigenvalue weighted by Gasteiger charge is 2.15. The lowest BCUT2D eigenvalue weighted by Gasteiger charge is -2.26. The molecule has 0 aliphatic heterocycles. The number of likely N-dealkylation sites (N-methyl/N-ethyl adjacent to an activating group) is 1. The maximum atomic E-state index is 12.9. The van der Waals surface area contributed by atoms with Crippen molar-refractivity contribution in [3.8, 4) is 0 Å². The van der Waals surface area contributed by atoms with Gasteiger partial charge in [-0.05, 0) is 38.6 Å². The second-order valence-corrected chi connectivity index (χ2v) is 4.52. The Labute approximate surface area is 95.1 Å². The van der Waals surface area contributed by atoms with Crippen molar-refractivity contribution in [2.24, 2.45) is 0 Å². The maximum absolute atomic E-state index is 12.9. The summed E-state index contributed by atoms with van der Waals surface area (Å²) < 4.78 is 25.6. The number of halogens is 2. The fraction of sp³-hybridized carbons (Fsp3) is 0.500. The molecule has 0 spiro atoms. The highest BCUT2D eigenvalue weighted by molar-refractivity contribution is 5.17. The van der Waals surface area contributed by atoms with Crippen LogP contribution in [0.25, 0.3) is 0 Å². The molecule has 0 amide bonds. The first-order chi connectivity index (χ1) is 7.44. The standard InChI is InChI=1S/C12H18F2N2/c1-12(2,8-15-3)16-7-9-4-5-10(13)11(14)6-9/h4-6,15-16H,7-8H2,1-3H3. The molecular formula is C12H18F2N2. The maximum Gasteiger partial charge on any atom is 0.159 e. The van der Waals surface area contributed by atoms with Crippen LogP contribution in [0.15, 0.2) is 18.2 Å². The molecule has 2 N–H and O–H groups in total. The van der Waals surface area contributed by atoms with Gasteiger partial charge in [0.05, 0.1) is 0 Å². The van der Waals surface area contributed by atoms with Crippen molar-refractivity contribution in [1.82, 2.24) is 10.6 Å². The van der Waals surface area contributed by atoms with Crippen molar-refractivity contribution >= 4 is 0 Å². The molecule has 0 aliphatic rings. The fourth-order valence-electron chi connectivity index (χ4n) is 1.50. The molecule has 0 saturated heterocycles. The molecule has 0 aliphatic carbocycles. The van der Waals surface area contributed by atoms with E-state index in [1.807, 2.05) is 20.9 Å². The summed E-state index contributed by atoms with van der Waals surface area (Å²) in [5.74, 6) is -1.61. The molecule has 0 unspecified atom stereocenters. The molecule has 16 heavy (non-hydrogen) atoms. The average molecular weight is 228 g/mol. The van der Waals surface area contributed by atoms with Crippen LogP contribution in [0, 0.1) is 11.6 Å². The zero-order valence-electron chi connectivity index (χ0n) is 9.90. The summed E-state index contributed by atoms with van der Waals surface area (Å²) in [5.41, 5.74) is 0.655. The van der Waals surface area contributed by atoms with Crippen LogP contribution in [0.2, 0.25) is 0 Å². The molecule has 2 nitrogen and oxygen atoms in total. The monoisotopic (exact) mass is 228 g/mol. The molecule has 0 heterocycles. The zero-order valence-corrected chi connectivity index (χ0v) is 9.90. The second kappa shape index (κ2) is 5.37. The molecule has 1 aromatic rings. The van der Waals surface area contributed by atoms with Gasteiger partial charge >= 0.3 is 0 Å². The summed E-state index contributed by atoms with van der Waals surface area (Å²) in [6, 6.07) is 3.95. The summed E-state index contributed by atoms with van der Waals surface area (Å²) in [6.45, 7) is 5.41. The SMILES string of the molecule is CNCC(C)(C)NCc1ccc(F)c(F)c1. The lowest BCUT2D eigenvalue weighted by molar-refractivity contribution is 0.373. The minimum Gasteiger partial charge on any atom is -0.318 e. The van der Waals surface area contributed by atoms with Gasteiger partial charge in [-0.25, -0.2) is 8.78 Å². The summed E-state index contributed by atoms with van der Waals surface area (Å²) in [5, 5.41) is 6.34. The van der Waals surface area contributed by atoms with Crippen LogP contribution in [0.4, 0.5) is 8.78 Å². The largest absolute Gasteiger partial charge is 0.318 e. The minimum absolute atomic E-state index is 0.0837. The highest BCUT2D eigenvalue weighted by Crippen LogP contribution is 2.10. The molecule has 90 valence electrons. The van der Waals surface area contributed by atoms with E-state index in [9.17, 15) is 8.78 Å². The second-order valence-electron chi connectivity index (χ2n) is 4.52. The average Bonchev–Trinajstić information content (AvgIpc) is 2.20. The van der Waals surface area contributed by atoms with Crippen molar-refractivity contribution in [3.63, 3.8) is 0 Å². The van der Waals surface area contributed by atoms with E-state index in [0.29, 0.717) is 6.54 Å². The van der Waals surface area contributed by atoms with Gasteiger partial charge in [0.2, 0.25) is 0 Å². The summed E-state index contributed by atoms with van der Waals surface area (Å²) in [7, 11) is 1.88. The third-order valence-corrected chi connectivity index (χ3v) is 2.37. The van der Waals surface area contributed by atoms with Gasteiger partial charge in [-0.2, -0.15) is 0 Å². The lowest BCUT2D eigenvalue weighted by Crippen LogP contribution is -2.46.